The van der Waals surface area contributed by atoms with E-state index in [1.807, 2.05) is 31.2 Å². The maximum atomic E-state index is 12.2. The molecule has 1 aliphatic rings. The van der Waals surface area contributed by atoms with Gasteiger partial charge in [0.05, 0.1) is 0 Å². The van der Waals surface area contributed by atoms with Gasteiger partial charge in [0.2, 0.25) is 0 Å². The third-order valence-electron chi connectivity index (χ3n) is 4.22. The third-order valence-corrected chi connectivity index (χ3v) is 4.95. The van der Waals surface area contributed by atoms with E-state index < -0.39 is 0 Å². The highest BCUT2D eigenvalue weighted by molar-refractivity contribution is 7.07. The molecule has 2 aromatic rings. The Balaban J connectivity index is 1.47. The monoisotopic (exact) mass is 314 g/mol. The minimum atomic E-state index is 0.0521. The lowest BCUT2D eigenvalue weighted by Crippen LogP contribution is -2.44. The van der Waals surface area contributed by atoms with Crippen LogP contribution in [0.15, 0.2) is 41.1 Å². The predicted octanol–water partition coefficient (Wildman–Crippen LogP) is 3.45. The van der Waals surface area contributed by atoms with Gasteiger partial charge >= 0.3 is 0 Å². The molecule has 0 aliphatic carbocycles. The van der Waals surface area contributed by atoms with Crippen LogP contribution in [0, 0.1) is 6.92 Å². The number of piperidine rings is 1. The molecule has 116 valence electrons. The summed E-state index contributed by atoms with van der Waals surface area (Å²) in [6, 6.07) is 10.3. The van der Waals surface area contributed by atoms with Crippen LogP contribution in [-0.2, 0) is 6.54 Å². The van der Waals surface area contributed by atoms with E-state index in [9.17, 15) is 4.79 Å². The molecule has 0 atom stereocenters. The number of likely N-dealkylation sites (tertiary alicyclic amines) is 1. The zero-order valence-corrected chi connectivity index (χ0v) is 13.7. The molecule has 0 bridgehead atoms. The Bertz CT molecular complexity index is 599. The molecule has 1 amide bonds. The van der Waals surface area contributed by atoms with Gasteiger partial charge in [-0.25, -0.2) is 0 Å². The van der Waals surface area contributed by atoms with E-state index in [0.717, 1.165) is 38.0 Å². The Labute approximate surface area is 136 Å². The number of nitrogens with one attached hydrogen (secondary N) is 1. The van der Waals surface area contributed by atoms with Crippen LogP contribution >= 0.6 is 11.3 Å². The number of thiophene rings is 1. The highest BCUT2D eigenvalue weighted by atomic mass is 32.1. The minimum Gasteiger partial charge on any atom is -0.349 e. The van der Waals surface area contributed by atoms with Crippen molar-refractivity contribution in [3.05, 3.63) is 57.8 Å². The van der Waals surface area contributed by atoms with Crippen molar-refractivity contribution in [2.24, 2.45) is 0 Å². The average Bonchev–Trinajstić information content (AvgIpc) is 3.03. The van der Waals surface area contributed by atoms with Gasteiger partial charge < -0.3 is 5.32 Å². The van der Waals surface area contributed by atoms with Gasteiger partial charge in [0.1, 0.15) is 0 Å². The van der Waals surface area contributed by atoms with E-state index in [0.29, 0.717) is 6.04 Å². The van der Waals surface area contributed by atoms with E-state index in [2.05, 4.69) is 27.0 Å². The fraction of sp³-hybridized carbons (Fsp3) is 0.389. The molecule has 1 aromatic heterocycles. The smallest absolute Gasteiger partial charge is 0.251 e. The average molecular weight is 314 g/mol. The normalized spacial score (nSPS) is 16.6. The number of rotatable bonds is 4. The lowest BCUT2D eigenvalue weighted by Gasteiger charge is -2.32. The summed E-state index contributed by atoms with van der Waals surface area (Å²) in [7, 11) is 0. The second-order valence-electron chi connectivity index (χ2n) is 6.02. The molecular weight excluding hydrogens is 292 g/mol. The fourth-order valence-electron chi connectivity index (χ4n) is 2.85. The zero-order valence-electron chi connectivity index (χ0n) is 12.9. The van der Waals surface area contributed by atoms with Crippen LogP contribution in [0.3, 0.4) is 0 Å². The maximum Gasteiger partial charge on any atom is 0.251 e. The van der Waals surface area contributed by atoms with E-state index in [-0.39, 0.29) is 5.91 Å². The number of benzene rings is 1. The molecule has 0 spiro atoms. The van der Waals surface area contributed by atoms with Crippen LogP contribution in [0.25, 0.3) is 0 Å². The molecular formula is C18H22N2OS. The summed E-state index contributed by atoms with van der Waals surface area (Å²) >= 11 is 1.75. The van der Waals surface area contributed by atoms with Crippen molar-refractivity contribution < 1.29 is 4.79 Å². The molecule has 3 nitrogen and oxygen atoms in total. The number of carbonyl (C=O) groups excluding carboxylic acids is 1. The summed E-state index contributed by atoms with van der Waals surface area (Å²) in [6.45, 7) is 5.16. The van der Waals surface area contributed by atoms with Crippen molar-refractivity contribution in [1.82, 2.24) is 10.2 Å². The summed E-state index contributed by atoms with van der Waals surface area (Å²) in [5.41, 5.74) is 3.33. The van der Waals surface area contributed by atoms with Gasteiger partial charge in [0, 0.05) is 31.2 Å². The molecule has 0 radical (unpaired) electrons. The number of aryl methyl sites for hydroxylation is 1. The first-order valence-corrected chi connectivity index (χ1v) is 8.76. The second kappa shape index (κ2) is 7.07. The standard InChI is InChI=1S/C18H22N2OS/c1-14-2-4-16(5-3-14)18(21)19-17-6-9-20(10-7-17)12-15-8-11-22-13-15/h2-5,8,11,13,17H,6-7,9-10,12H2,1H3,(H,19,21). The summed E-state index contributed by atoms with van der Waals surface area (Å²) in [5.74, 6) is 0.0521. The molecule has 0 unspecified atom stereocenters. The molecule has 22 heavy (non-hydrogen) atoms. The molecule has 1 saturated heterocycles. The van der Waals surface area contributed by atoms with Crippen LogP contribution in [0.4, 0.5) is 0 Å². The fourth-order valence-corrected chi connectivity index (χ4v) is 3.51. The highest BCUT2D eigenvalue weighted by Crippen LogP contribution is 2.16. The Morgan fingerprint density at radius 1 is 1.23 bits per heavy atom. The van der Waals surface area contributed by atoms with Crippen LogP contribution in [0.5, 0.6) is 0 Å². The quantitative estimate of drug-likeness (QED) is 0.937. The van der Waals surface area contributed by atoms with Crippen LogP contribution < -0.4 is 5.32 Å². The summed E-state index contributed by atoms with van der Waals surface area (Å²) in [6.07, 6.45) is 2.06. The molecule has 1 aromatic carbocycles. The maximum absolute atomic E-state index is 12.2. The second-order valence-corrected chi connectivity index (χ2v) is 6.80. The summed E-state index contributed by atoms with van der Waals surface area (Å²) < 4.78 is 0. The number of carbonyl (C=O) groups is 1. The Hall–Kier alpha value is -1.65. The summed E-state index contributed by atoms with van der Waals surface area (Å²) in [5, 5.41) is 7.51. The number of hydrogen-bond acceptors (Lipinski definition) is 3. The Kier molecular flexibility index (Phi) is 4.90. The zero-order chi connectivity index (χ0) is 15.4. The SMILES string of the molecule is Cc1ccc(C(=O)NC2CCN(Cc3ccsc3)CC2)cc1. The molecule has 1 aliphatic heterocycles. The lowest BCUT2D eigenvalue weighted by atomic mass is 10.0. The topological polar surface area (TPSA) is 32.3 Å². The Morgan fingerprint density at radius 2 is 1.95 bits per heavy atom. The number of hydrogen-bond donors (Lipinski definition) is 1. The number of nitrogens with zero attached hydrogens (tertiary/aromatic N) is 1. The van der Waals surface area contributed by atoms with Gasteiger partial charge in [-0.05, 0) is 54.3 Å². The molecule has 2 heterocycles. The van der Waals surface area contributed by atoms with Gasteiger partial charge in [-0.1, -0.05) is 17.7 Å². The molecule has 1 fully saturated rings. The van der Waals surface area contributed by atoms with Gasteiger partial charge in [-0.3, -0.25) is 9.69 Å². The van der Waals surface area contributed by atoms with Crippen LogP contribution in [0.2, 0.25) is 0 Å². The van der Waals surface area contributed by atoms with Crippen LogP contribution in [-0.4, -0.2) is 29.9 Å². The molecule has 1 N–H and O–H groups in total. The van der Waals surface area contributed by atoms with E-state index in [1.165, 1.54) is 11.1 Å². The minimum absolute atomic E-state index is 0.0521. The van der Waals surface area contributed by atoms with Crippen molar-refractivity contribution >= 4 is 17.2 Å². The van der Waals surface area contributed by atoms with Crippen molar-refractivity contribution in [2.45, 2.75) is 32.4 Å². The Morgan fingerprint density at radius 3 is 2.59 bits per heavy atom. The lowest BCUT2D eigenvalue weighted by molar-refractivity contribution is 0.0909. The van der Waals surface area contributed by atoms with Gasteiger partial charge in [0.15, 0.2) is 0 Å². The first kappa shape index (κ1) is 15.3. The van der Waals surface area contributed by atoms with Gasteiger partial charge in [0.25, 0.3) is 5.91 Å². The highest BCUT2D eigenvalue weighted by Gasteiger charge is 2.21. The van der Waals surface area contributed by atoms with Crippen molar-refractivity contribution in [3.8, 4) is 0 Å². The van der Waals surface area contributed by atoms with E-state index >= 15 is 0 Å². The van der Waals surface area contributed by atoms with Crippen molar-refractivity contribution in [3.63, 3.8) is 0 Å². The molecule has 4 heteroatoms. The van der Waals surface area contributed by atoms with Gasteiger partial charge in [-0.15, -0.1) is 0 Å². The van der Waals surface area contributed by atoms with E-state index in [1.54, 1.807) is 11.3 Å². The first-order valence-electron chi connectivity index (χ1n) is 7.81. The molecule has 0 saturated carbocycles. The van der Waals surface area contributed by atoms with Crippen molar-refractivity contribution in [1.29, 1.82) is 0 Å². The van der Waals surface area contributed by atoms with E-state index in [4.69, 9.17) is 0 Å². The predicted molar refractivity (Wildman–Crippen MR) is 91.3 cm³/mol. The largest absolute Gasteiger partial charge is 0.349 e. The first-order chi connectivity index (χ1) is 10.7. The summed E-state index contributed by atoms with van der Waals surface area (Å²) in [4.78, 5) is 14.7. The molecule has 3 rings (SSSR count). The van der Waals surface area contributed by atoms with Gasteiger partial charge in [-0.2, -0.15) is 11.3 Å². The number of amides is 1. The van der Waals surface area contributed by atoms with Crippen molar-refractivity contribution in [2.75, 3.05) is 13.1 Å². The van der Waals surface area contributed by atoms with Crippen LogP contribution in [0.1, 0.15) is 34.3 Å². The third kappa shape index (κ3) is 3.96.